The molecule has 0 amide bonds. The molecule has 19 heavy (non-hydrogen) atoms. The van der Waals surface area contributed by atoms with Crippen LogP contribution < -0.4 is 0 Å². The molecular weight excluding hydrogens is 258 g/mol. The van der Waals surface area contributed by atoms with Gasteiger partial charge in [-0.3, -0.25) is 4.90 Å². The Hall–Kier alpha value is -1.54. The zero-order valence-electron chi connectivity index (χ0n) is 11.1. The number of rotatable bonds is 4. The predicted octanol–water partition coefficient (Wildman–Crippen LogP) is 2.63. The molecule has 2 aromatic rings. The highest BCUT2D eigenvalue weighted by molar-refractivity contribution is 7.10. The number of hydrogen-bond donors (Lipinski definition) is 1. The van der Waals surface area contributed by atoms with E-state index in [0.717, 1.165) is 30.2 Å². The van der Waals surface area contributed by atoms with Gasteiger partial charge in [-0.1, -0.05) is 11.8 Å². The van der Waals surface area contributed by atoms with Gasteiger partial charge in [0, 0.05) is 17.0 Å². The fourth-order valence-electron chi connectivity index (χ4n) is 1.85. The highest BCUT2D eigenvalue weighted by atomic mass is 32.1. The summed E-state index contributed by atoms with van der Waals surface area (Å²) in [5.41, 5.74) is 1.00. The van der Waals surface area contributed by atoms with Crippen molar-refractivity contribution in [3.8, 4) is 11.8 Å². The zero-order chi connectivity index (χ0) is 13.7. The molecule has 0 aliphatic heterocycles. The number of nitrogens with zero attached hydrogens (tertiary/aromatic N) is 1. The maximum absolute atomic E-state index is 8.74. The second-order valence-corrected chi connectivity index (χ2v) is 5.40. The molecule has 1 N–H and O–H groups in total. The minimum Gasteiger partial charge on any atom is -0.465 e. The summed E-state index contributed by atoms with van der Waals surface area (Å²) in [5, 5.41) is 10.8. The van der Waals surface area contributed by atoms with Gasteiger partial charge in [0.15, 0.2) is 0 Å². The smallest absolute Gasteiger partial charge is 0.118 e. The Bertz CT molecular complexity index is 589. The van der Waals surface area contributed by atoms with Gasteiger partial charge in [-0.15, -0.1) is 11.3 Å². The van der Waals surface area contributed by atoms with Gasteiger partial charge in [0.25, 0.3) is 0 Å². The van der Waals surface area contributed by atoms with Crippen molar-refractivity contribution in [3.63, 3.8) is 0 Å². The Labute approximate surface area is 117 Å². The van der Waals surface area contributed by atoms with E-state index in [4.69, 9.17) is 9.52 Å². The van der Waals surface area contributed by atoms with Crippen LogP contribution >= 0.6 is 11.3 Å². The van der Waals surface area contributed by atoms with Crippen molar-refractivity contribution >= 4 is 11.3 Å². The first kappa shape index (κ1) is 13.9. The van der Waals surface area contributed by atoms with Gasteiger partial charge in [0.1, 0.15) is 18.1 Å². The molecule has 2 rings (SSSR count). The normalized spacial score (nSPS) is 10.5. The summed E-state index contributed by atoms with van der Waals surface area (Å²) >= 11 is 1.69. The molecule has 0 saturated carbocycles. The topological polar surface area (TPSA) is 36.6 Å². The molecule has 100 valence electrons. The van der Waals surface area contributed by atoms with Crippen molar-refractivity contribution in [3.05, 3.63) is 45.5 Å². The maximum atomic E-state index is 8.74. The number of aliphatic hydroxyl groups is 1. The highest BCUT2D eigenvalue weighted by Gasteiger charge is 2.08. The van der Waals surface area contributed by atoms with Gasteiger partial charge in [-0.2, -0.15) is 0 Å². The average Bonchev–Trinajstić information content (AvgIpc) is 2.96. The second-order valence-electron chi connectivity index (χ2n) is 4.40. The fourth-order valence-corrected chi connectivity index (χ4v) is 2.76. The van der Waals surface area contributed by atoms with Gasteiger partial charge in [-0.25, -0.2) is 0 Å². The van der Waals surface area contributed by atoms with Crippen LogP contribution in [0.5, 0.6) is 0 Å². The van der Waals surface area contributed by atoms with Crippen LogP contribution in [0.15, 0.2) is 28.0 Å². The quantitative estimate of drug-likeness (QED) is 0.871. The minimum atomic E-state index is -0.100. The Morgan fingerprint density at radius 2 is 2.16 bits per heavy atom. The van der Waals surface area contributed by atoms with E-state index in [0.29, 0.717) is 0 Å². The molecule has 4 heteroatoms. The van der Waals surface area contributed by atoms with E-state index in [1.54, 1.807) is 11.3 Å². The first-order valence-corrected chi connectivity index (χ1v) is 6.97. The molecule has 0 spiro atoms. The first-order valence-electron chi connectivity index (χ1n) is 6.09. The van der Waals surface area contributed by atoms with Gasteiger partial charge >= 0.3 is 0 Å². The van der Waals surface area contributed by atoms with Gasteiger partial charge in [-0.05, 0) is 37.6 Å². The molecule has 0 radical (unpaired) electrons. The number of thiophene rings is 1. The molecule has 0 aliphatic carbocycles. The van der Waals surface area contributed by atoms with Crippen LogP contribution in [0, 0.1) is 18.8 Å². The Kier molecular flexibility index (Phi) is 4.80. The van der Waals surface area contributed by atoms with Crippen molar-refractivity contribution in [2.75, 3.05) is 13.7 Å². The van der Waals surface area contributed by atoms with Crippen molar-refractivity contribution < 1.29 is 9.52 Å². The first-order chi connectivity index (χ1) is 9.19. The summed E-state index contributed by atoms with van der Waals surface area (Å²) in [6.45, 7) is 3.45. The lowest BCUT2D eigenvalue weighted by atomic mass is 10.2. The summed E-state index contributed by atoms with van der Waals surface area (Å²) in [4.78, 5) is 3.40. The van der Waals surface area contributed by atoms with Crippen molar-refractivity contribution in [2.45, 2.75) is 20.0 Å². The SMILES string of the molecule is Cc1ccc(CN(C)Cc2sccc2C#CCO)o1. The predicted molar refractivity (Wildman–Crippen MR) is 76.9 cm³/mol. The summed E-state index contributed by atoms with van der Waals surface area (Å²) in [5.74, 6) is 7.58. The Morgan fingerprint density at radius 3 is 2.84 bits per heavy atom. The van der Waals surface area contributed by atoms with Crippen LogP contribution in [0.25, 0.3) is 0 Å². The lowest BCUT2D eigenvalue weighted by Crippen LogP contribution is -2.16. The van der Waals surface area contributed by atoms with E-state index >= 15 is 0 Å². The molecule has 0 unspecified atom stereocenters. The summed E-state index contributed by atoms with van der Waals surface area (Å²) in [6.07, 6.45) is 0. The van der Waals surface area contributed by atoms with Crippen LogP contribution in [0.3, 0.4) is 0 Å². The largest absolute Gasteiger partial charge is 0.465 e. The zero-order valence-corrected chi connectivity index (χ0v) is 12.0. The van der Waals surface area contributed by atoms with Gasteiger partial charge in [0.2, 0.25) is 0 Å². The molecule has 2 aromatic heterocycles. The van der Waals surface area contributed by atoms with E-state index in [9.17, 15) is 0 Å². The van der Waals surface area contributed by atoms with Crippen LogP contribution in [-0.4, -0.2) is 23.7 Å². The maximum Gasteiger partial charge on any atom is 0.118 e. The third kappa shape index (κ3) is 3.97. The number of furan rings is 1. The van der Waals surface area contributed by atoms with Crippen LogP contribution in [-0.2, 0) is 13.1 Å². The number of aliphatic hydroxyl groups excluding tert-OH is 1. The molecular formula is C15H17NO2S. The molecule has 0 atom stereocenters. The minimum absolute atomic E-state index is 0.100. The molecule has 0 aliphatic rings. The monoisotopic (exact) mass is 275 g/mol. The summed E-state index contributed by atoms with van der Waals surface area (Å²) in [7, 11) is 2.06. The third-order valence-electron chi connectivity index (χ3n) is 2.68. The van der Waals surface area contributed by atoms with E-state index in [2.05, 4.69) is 23.8 Å². The standard InChI is InChI=1S/C15H17NO2S/c1-12-5-6-14(18-12)10-16(2)11-15-13(4-3-8-17)7-9-19-15/h5-7,9,17H,8,10-11H2,1-2H3. The average molecular weight is 275 g/mol. The highest BCUT2D eigenvalue weighted by Crippen LogP contribution is 2.19. The molecule has 2 heterocycles. The fraction of sp³-hybridized carbons (Fsp3) is 0.333. The number of hydrogen-bond acceptors (Lipinski definition) is 4. The molecule has 0 aromatic carbocycles. The van der Waals surface area contributed by atoms with Crippen molar-refractivity contribution in [1.82, 2.24) is 4.90 Å². The van der Waals surface area contributed by atoms with E-state index in [1.807, 2.05) is 30.5 Å². The summed E-state index contributed by atoms with van der Waals surface area (Å²) in [6, 6.07) is 5.98. The lowest BCUT2D eigenvalue weighted by molar-refractivity contribution is 0.287. The van der Waals surface area contributed by atoms with Crippen molar-refractivity contribution in [1.29, 1.82) is 0 Å². The Balaban J connectivity index is 1.99. The van der Waals surface area contributed by atoms with Crippen LogP contribution in [0.4, 0.5) is 0 Å². The summed E-state index contributed by atoms with van der Waals surface area (Å²) < 4.78 is 5.57. The second kappa shape index (κ2) is 6.58. The van der Waals surface area contributed by atoms with E-state index in [1.165, 1.54) is 4.88 Å². The van der Waals surface area contributed by atoms with Crippen molar-refractivity contribution in [2.24, 2.45) is 0 Å². The molecule has 0 saturated heterocycles. The van der Waals surface area contributed by atoms with E-state index in [-0.39, 0.29) is 6.61 Å². The van der Waals surface area contributed by atoms with Crippen LogP contribution in [0.2, 0.25) is 0 Å². The lowest BCUT2D eigenvalue weighted by Gasteiger charge is -2.14. The van der Waals surface area contributed by atoms with Gasteiger partial charge in [0.05, 0.1) is 6.54 Å². The van der Waals surface area contributed by atoms with Crippen LogP contribution in [0.1, 0.15) is 22.0 Å². The molecule has 0 bridgehead atoms. The third-order valence-corrected chi connectivity index (χ3v) is 3.59. The van der Waals surface area contributed by atoms with Gasteiger partial charge < -0.3 is 9.52 Å². The van der Waals surface area contributed by atoms with E-state index < -0.39 is 0 Å². The number of aryl methyl sites for hydroxylation is 1. The Morgan fingerprint density at radius 1 is 1.32 bits per heavy atom. The molecule has 3 nitrogen and oxygen atoms in total. The molecule has 0 fully saturated rings.